The Morgan fingerprint density at radius 2 is 1.97 bits per heavy atom. The summed E-state index contributed by atoms with van der Waals surface area (Å²) in [4.78, 5) is 17.6. The van der Waals surface area contributed by atoms with E-state index in [1.807, 2.05) is 56.5 Å². The minimum atomic E-state index is -1.08. The number of carbonyl (C=O) groups is 1. The topological polar surface area (TPSA) is 85.1 Å². The fourth-order valence-corrected chi connectivity index (χ4v) is 4.57. The molecule has 2 aromatic heterocycles. The van der Waals surface area contributed by atoms with E-state index >= 15 is 0 Å². The minimum absolute atomic E-state index is 0.0819. The summed E-state index contributed by atoms with van der Waals surface area (Å²) in [6.45, 7) is 7.67. The molecule has 3 aromatic rings. The van der Waals surface area contributed by atoms with Crippen molar-refractivity contribution in [2.24, 2.45) is 4.99 Å². The van der Waals surface area contributed by atoms with Crippen molar-refractivity contribution in [1.82, 2.24) is 24.5 Å². The first-order chi connectivity index (χ1) is 13.8. The highest BCUT2D eigenvalue weighted by Crippen LogP contribution is 2.36. The number of benzene rings is 1. The van der Waals surface area contributed by atoms with Crippen molar-refractivity contribution >= 4 is 34.8 Å². The third-order valence-corrected chi connectivity index (χ3v) is 6.03. The van der Waals surface area contributed by atoms with E-state index in [9.17, 15) is 4.79 Å². The highest BCUT2D eigenvalue weighted by Gasteiger charge is 2.40. The van der Waals surface area contributed by atoms with Gasteiger partial charge in [-0.2, -0.15) is 4.37 Å². The van der Waals surface area contributed by atoms with Crippen LogP contribution in [0.15, 0.2) is 29.3 Å². The summed E-state index contributed by atoms with van der Waals surface area (Å²) in [5.41, 5.74) is 2.34. The van der Waals surface area contributed by atoms with Crippen LogP contribution in [-0.2, 0) is 10.5 Å². The quantitative estimate of drug-likeness (QED) is 0.682. The number of hydrogen-bond acceptors (Lipinski definition) is 6. The lowest BCUT2D eigenvalue weighted by Gasteiger charge is -2.25. The number of aryl methyl sites for hydroxylation is 2. The number of nitrogens with one attached hydrogen (secondary N) is 1. The van der Waals surface area contributed by atoms with Gasteiger partial charge in [0.15, 0.2) is 11.5 Å². The molecule has 9 heteroatoms. The van der Waals surface area contributed by atoms with Crippen molar-refractivity contribution in [3.63, 3.8) is 0 Å². The maximum absolute atomic E-state index is 12.5. The van der Waals surface area contributed by atoms with Gasteiger partial charge in [0.25, 0.3) is 0 Å². The van der Waals surface area contributed by atoms with Crippen molar-refractivity contribution in [2.75, 3.05) is 0 Å². The molecular formula is C20H21ClN6OS. The molecule has 0 spiro atoms. The minimum Gasteiger partial charge on any atom is -0.326 e. The number of aromatic nitrogens is 4. The second-order valence-corrected chi connectivity index (χ2v) is 8.38. The summed E-state index contributed by atoms with van der Waals surface area (Å²) in [6, 6.07) is 7.51. The van der Waals surface area contributed by atoms with E-state index in [0.29, 0.717) is 23.1 Å². The van der Waals surface area contributed by atoms with Crippen molar-refractivity contribution in [2.45, 2.75) is 46.2 Å². The van der Waals surface area contributed by atoms with E-state index < -0.39 is 5.66 Å². The summed E-state index contributed by atoms with van der Waals surface area (Å²) in [6.07, 6.45) is 1.16. The standard InChI is InChI=1S/C20H21ClN6OS/c1-5-6-15(28)22-20(4)19-25-24-12(3)27(19)18-16(11(2)26-29-18)17(23-20)13-7-9-14(21)10-8-13/h7-10H,5-6H2,1-4H3,(H,22,28). The van der Waals surface area contributed by atoms with Crippen LogP contribution in [0.2, 0.25) is 5.02 Å². The largest absolute Gasteiger partial charge is 0.326 e. The Kier molecular flexibility index (Phi) is 5.00. The molecule has 0 fully saturated rings. The van der Waals surface area contributed by atoms with Crippen LogP contribution in [0, 0.1) is 13.8 Å². The third-order valence-electron chi connectivity index (χ3n) is 4.86. The van der Waals surface area contributed by atoms with Gasteiger partial charge in [-0.3, -0.25) is 9.36 Å². The molecular weight excluding hydrogens is 408 g/mol. The van der Waals surface area contributed by atoms with Crippen molar-refractivity contribution in [3.8, 4) is 5.00 Å². The number of hydrogen-bond donors (Lipinski definition) is 1. The maximum Gasteiger partial charge on any atom is 0.222 e. The molecule has 1 aliphatic heterocycles. The van der Waals surface area contributed by atoms with Crippen LogP contribution in [0.25, 0.3) is 5.00 Å². The Hall–Kier alpha value is -2.58. The fourth-order valence-electron chi connectivity index (χ4n) is 3.49. The molecule has 4 rings (SSSR count). The van der Waals surface area contributed by atoms with Gasteiger partial charge in [0.2, 0.25) is 5.91 Å². The Bertz CT molecular complexity index is 1120. The van der Waals surface area contributed by atoms with Gasteiger partial charge in [-0.25, -0.2) is 4.99 Å². The van der Waals surface area contributed by atoms with Crippen LogP contribution < -0.4 is 5.32 Å². The van der Waals surface area contributed by atoms with Gasteiger partial charge in [0.05, 0.1) is 17.0 Å². The van der Waals surface area contributed by atoms with E-state index in [2.05, 4.69) is 19.9 Å². The molecule has 0 saturated heterocycles. The SMILES string of the molecule is CCCC(=O)NC1(C)N=C(c2ccc(Cl)cc2)c2c(C)nsc2-n2c(C)nnc21. The number of aliphatic imine (C=N–C) groups is 1. The molecule has 0 radical (unpaired) electrons. The van der Waals surface area contributed by atoms with Crippen LogP contribution in [-0.4, -0.2) is 30.8 Å². The molecule has 1 aliphatic rings. The average Bonchev–Trinajstić information content (AvgIpc) is 3.20. The van der Waals surface area contributed by atoms with Crippen LogP contribution in [0.5, 0.6) is 0 Å². The van der Waals surface area contributed by atoms with E-state index in [1.54, 1.807) is 0 Å². The molecule has 0 aliphatic carbocycles. The highest BCUT2D eigenvalue weighted by molar-refractivity contribution is 7.09. The van der Waals surface area contributed by atoms with Crippen LogP contribution in [0.4, 0.5) is 0 Å². The smallest absolute Gasteiger partial charge is 0.222 e. The monoisotopic (exact) mass is 428 g/mol. The zero-order valence-corrected chi connectivity index (χ0v) is 18.2. The number of rotatable bonds is 4. The summed E-state index contributed by atoms with van der Waals surface area (Å²) in [5.74, 6) is 1.20. The van der Waals surface area contributed by atoms with Gasteiger partial charge in [0, 0.05) is 17.0 Å². The fraction of sp³-hybridized carbons (Fsp3) is 0.350. The molecule has 3 heterocycles. The lowest BCUT2D eigenvalue weighted by Crippen LogP contribution is -2.44. The highest BCUT2D eigenvalue weighted by atomic mass is 35.5. The summed E-state index contributed by atoms with van der Waals surface area (Å²) < 4.78 is 6.51. The molecule has 150 valence electrons. The Morgan fingerprint density at radius 1 is 1.24 bits per heavy atom. The lowest BCUT2D eigenvalue weighted by atomic mass is 10.0. The first-order valence-electron chi connectivity index (χ1n) is 9.40. The Labute approximate surface area is 178 Å². The number of halogens is 1. The Balaban J connectivity index is 1.99. The van der Waals surface area contributed by atoms with Gasteiger partial charge in [-0.1, -0.05) is 30.7 Å². The van der Waals surface area contributed by atoms with E-state index in [4.69, 9.17) is 16.6 Å². The third kappa shape index (κ3) is 3.36. The van der Waals surface area contributed by atoms with E-state index in [-0.39, 0.29) is 5.91 Å². The van der Waals surface area contributed by atoms with Gasteiger partial charge >= 0.3 is 0 Å². The predicted molar refractivity (Wildman–Crippen MR) is 114 cm³/mol. The van der Waals surface area contributed by atoms with Crippen molar-refractivity contribution in [1.29, 1.82) is 0 Å². The normalized spacial score (nSPS) is 17.9. The number of fused-ring (bicyclic) bond motifs is 3. The summed E-state index contributed by atoms with van der Waals surface area (Å²) in [7, 11) is 0. The van der Waals surface area contributed by atoms with E-state index in [0.717, 1.165) is 34.0 Å². The maximum atomic E-state index is 12.5. The number of amides is 1. The van der Waals surface area contributed by atoms with Crippen molar-refractivity contribution in [3.05, 3.63) is 57.8 Å². The van der Waals surface area contributed by atoms with Gasteiger partial charge in [-0.05, 0) is 50.9 Å². The first-order valence-corrected chi connectivity index (χ1v) is 10.6. The molecule has 0 bridgehead atoms. The number of carbonyl (C=O) groups excluding carboxylic acids is 1. The van der Waals surface area contributed by atoms with Gasteiger partial charge in [-0.15, -0.1) is 10.2 Å². The predicted octanol–water partition coefficient (Wildman–Crippen LogP) is 3.93. The number of nitrogens with zero attached hydrogens (tertiary/aromatic N) is 5. The summed E-state index contributed by atoms with van der Waals surface area (Å²) in [5, 5.41) is 13.3. The second-order valence-electron chi connectivity index (χ2n) is 7.19. The molecule has 29 heavy (non-hydrogen) atoms. The molecule has 1 amide bonds. The molecule has 1 atom stereocenters. The van der Waals surface area contributed by atoms with Crippen LogP contribution >= 0.6 is 23.1 Å². The van der Waals surface area contributed by atoms with Crippen molar-refractivity contribution < 1.29 is 4.79 Å². The Morgan fingerprint density at radius 3 is 2.66 bits per heavy atom. The molecule has 1 N–H and O–H groups in total. The molecule has 1 unspecified atom stereocenters. The molecule has 0 saturated carbocycles. The molecule has 7 nitrogen and oxygen atoms in total. The first kappa shape index (κ1) is 19.7. The van der Waals surface area contributed by atoms with E-state index in [1.165, 1.54) is 11.5 Å². The van der Waals surface area contributed by atoms with Crippen LogP contribution in [0.3, 0.4) is 0 Å². The average molecular weight is 429 g/mol. The zero-order valence-electron chi connectivity index (χ0n) is 16.7. The van der Waals surface area contributed by atoms with Crippen LogP contribution in [0.1, 0.15) is 55.2 Å². The van der Waals surface area contributed by atoms with Gasteiger partial charge in [0.1, 0.15) is 10.8 Å². The lowest BCUT2D eigenvalue weighted by molar-refractivity contribution is -0.123. The second kappa shape index (κ2) is 7.35. The van der Waals surface area contributed by atoms with Gasteiger partial charge < -0.3 is 5.32 Å². The zero-order chi connectivity index (χ0) is 20.8. The summed E-state index contributed by atoms with van der Waals surface area (Å²) >= 11 is 7.47. The molecule has 1 aromatic carbocycles.